The highest BCUT2D eigenvalue weighted by molar-refractivity contribution is 8.00. The molecular formula is C13H11FN2O2S. The van der Waals surface area contributed by atoms with E-state index in [1.807, 2.05) is 0 Å². The van der Waals surface area contributed by atoms with Gasteiger partial charge in [0.1, 0.15) is 11.7 Å². The third-order valence-corrected chi connectivity index (χ3v) is 4.14. The first-order valence-electron chi connectivity index (χ1n) is 5.86. The molecule has 3 rings (SSSR count). The van der Waals surface area contributed by atoms with Crippen molar-refractivity contribution in [3.05, 3.63) is 35.5 Å². The van der Waals surface area contributed by atoms with Crippen molar-refractivity contribution < 1.29 is 13.7 Å². The molecule has 0 spiro atoms. The Hall–Kier alpha value is -1.69. The summed E-state index contributed by atoms with van der Waals surface area (Å²) in [7, 11) is 0. The number of aryl methyl sites for hydroxylation is 1. The number of Topliss-reactive ketones (excluding diaryl/α,β-unsaturated/α-hetero) is 1. The highest BCUT2D eigenvalue weighted by Gasteiger charge is 2.31. The van der Waals surface area contributed by atoms with Gasteiger partial charge in [-0.1, -0.05) is 5.16 Å². The van der Waals surface area contributed by atoms with Crippen molar-refractivity contribution in [2.45, 2.75) is 12.8 Å². The average molecular weight is 278 g/mol. The minimum Gasteiger partial charge on any atom is -0.338 e. The lowest BCUT2D eigenvalue weighted by atomic mass is 10.1. The van der Waals surface area contributed by atoms with Crippen LogP contribution in [-0.2, 0) is 4.79 Å². The van der Waals surface area contributed by atoms with Gasteiger partial charge in [0, 0.05) is 11.3 Å². The van der Waals surface area contributed by atoms with Crippen molar-refractivity contribution in [3.8, 4) is 11.4 Å². The standard InChI is InChI=1S/C13H11FN2O2S/c1-7-4-8(14)2-3-9(7)12-15-13(18-16-12)10-5-19-6-11(10)17/h2-4,10H,5-6H2,1H3. The Labute approximate surface area is 113 Å². The van der Waals surface area contributed by atoms with Gasteiger partial charge in [-0.15, -0.1) is 0 Å². The van der Waals surface area contributed by atoms with E-state index >= 15 is 0 Å². The Morgan fingerprint density at radius 3 is 3.00 bits per heavy atom. The maximum absolute atomic E-state index is 13.1. The number of ketones is 1. The lowest BCUT2D eigenvalue weighted by molar-refractivity contribution is -0.117. The fraction of sp³-hybridized carbons (Fsp3) is 0.308. The lowest BCUT2D eigenvalue weighted by Gasteiger charge is -2.00. The summed E-state index contributed by atoms with van der Waals surface area (Å²) in [6, 6.07) is 4.39. The van der Waals surface area contributed by atoms with Gasteiger partial charge in [-0.05, 0) is 30.7 Å². The van der Waals surface area contributed by atoms with Crippen molar-refractivity contribution in [1.82, 2.24) is 10.1 Å². The van der Waals surface area contributed by atoms with Gasteiger partial charge in [-0.2, -0.15) is 16.7 Å². The smallest absolute Gasteiger partial charge is 0.238 e. The van der Waals surface area contributed by atoms with Gasteiger partial charge in [0.25, 0.3) is 0 Å². The van der Waals surface area contributed by atoms with Gasteiger partial charge in [0.05, 0.1) is 5.75 Å². The molecule has 0 saturated carbocycles. The second-order valence-corrected chi connectivity index (χ2v) is 5.48. The number of benzene rings is 1. The van der Waals surface area contributed by atoms with Crippen LogP contribution in [0.25, 0.3) is 11.4 Å². The quantitative estimate of drug-likeness (QED) is 0.845. The molecule has 0 bridgehead atoms. The van der Waals surface area contributed by atoms with E-state index in [9.17, 15) is 9.18 Å². The van der Waals surface area contributed by atoms with Crippen LogP contribution in [0.5, 0.6) is 0 Å². The largest absolute Gasteiger partial charge is 0.338 e. The monoisotopic (exact) mass is 278 g/mol. The first-order chi connectivity index (χ1) is 9.15. The van der Waals surface area contributed by atoms with Crippen molar-refractivity contribution >= 4 is 17.5 Å². The molecule has 1 aromatic heterocycles. The first-order valence-corrected chi connectivity index (χ1v) is 7.01. The van der Waals surface area contributed by atoms with Crippen molar-refractivity contribution in [2.24, 2.45) is 0 Å². The number of aromatic nitrogens is 2. The predicted octanol–water partition coefficient (Wildman–Crippen LogP) is 2.58. The normalized spacial score (nSPS) is 19.1. The van der Waals surface area contributed by atoms with E-state index in [0.29, 0.717) is 23.2 Å². The molecule has 98 valence electrons. The molecule has 2 heterocycles. The second-order valence-electron chi connectivity index (χ2n) is 4.45. The number of thioether (sulfide) groups is 1. The number of hydrogen-bond donors (Lipinski definition) is 0. The van der Waals surface area contributed by atoms with Crippen LogP contribution < -0.4 is 0 Å². The minimum absolute atomic E-state index is 0.121. The van der Waals surface area contributed by atoms with E-state index < -0.39 is 0 Å². The second kappa shape index (κ2) is 4.77. The van der Waals surface area contributed by atoms with Crippen molar-refractivity contribution in [1.29, 1.82) is 0 Å². The zero-order chi connectivity index (χ0) is 13.4. The number of hydrogen-bond acceptors (Lipinski definition) is 5. The van der Waals surface area contributed by atoms with Gasteiger partial charge in [0.2, 0.25) is 11.7 Å². The average Bonchev–Trinajstić information content (AvgIpc) is 2.97. The molecule has 0 radical (unpaired) electrons. The summed E-state index contributed by atoms with van der Waals surface area (Å²) in [4.78, 5) is 15.9. The molecule has 1 aliphatic rings. The molecule has 0 N–H and O–H groups in total. The van der Waals surface area contributed by atoms with E-state index in [-0.39, 0.29) is 17.5 Å². The van der Waals surface area contributed by atoms with E-state index in [4.69, 9.17) is 4.52 Å². The molecule has 1 aromatic carbocycles. The molecule has 19 heavy (non-hydrogen) atoms. The van der Waals surface area contributed by atoms with Crippen LogP contribution in [-0.4, -0.2) is 27.4 Å². The summed E-state index contributed by atoms with van der Waals surface area (Å²) < 4.78 is 18.2. The Morgan fingerprint density at radius 1 is 1.47 bits per heavy atom. The molecule has 6 heteroatoms. The third kappa shape index (κ3) is 2.28. The third-order valence-electron chi connectivity index (χ3n) is 3.09. The van der Waals surface area contributed by atoms with E-state index in [0.717, 1.165) is 11.1 Å². The fourth-order valence-corrected chi connectivity index (χ4v) is 3.13. The fourth-order valence-electron chi connectivity index (χ4n) is 2.04. The molecule has 4 nitrogen and oxygen atoms in total. The molecule has 1 unspecified atom stereocenters. The van der Waals surface area contributed by atoms with Crippen LogP contribution in [0.3, 0.4) is 0 Å². The SMILES string of the molecule is Cc1cc(F)ccc1-c1noc(C2CSCC2=O)n1. The molecule has 0 aliphatic carbocycles. The van der Waals surface area contributed by atoms with Crippen LogP contribution in [0.1, 0.15) is 17.4 Å². The van der Waals surface area contributed by atoms with E-state index in [1.54, 1.807) is 24.8 Å². The molecular weight excluding hydrogens is 267 g/mol. The van der Waals surface area contributed by atoms with Crippen LogP contribution in [0, 0.1) is 12.7 Å². The Bertz CT molecular complexity index is 641. The minimum atomic E-state index is -0.299. The Morgan fingerprint density at radius 2 is 2.32 bits per heavy atom. The Kier molecular flexibility index (Phi) is 3.10. The topological polar surface area (TPSA) is 56.0 Å². The molecule has 1 saturated heterocycles. The van der Waals surface area contributed by atoms with Gasteiger partial charge < -0.3 is 4.52 Å². The number of nitrogens with zero attached hydrogens (tertiary/aromatic N) is 2. The maximum Gasteiger partial charge on any atom is 0.238 e. The molecule has 1 aliphatic heterocycles. The van der Waals surface area contributed by atoms with Gasteiger partial charge in [-0.3, -0.25) is 4.79 Å². The molecule has 1 fully saturated rings. The van der Waals surface area contributed by atoms with Crippen LogP contribution in [0.4, 0.5) is 4.39 Å². The summed E-state index contributed by atoms with van der Waals surface area (Å²) in [6.45, 7) is 1.78. The zero-order valence-electron chi connectivity index (χ0n) is 10.2. The van der Waals surface area contributed by atoms with Crippen LogP contribution in [0.15, 0.2) is 22.7 Å². The van der Waals surface area contributed by atoms with E-state index in [1.165, 1.54) is 12.1 Å². The zero-order valence-corrected chi connectivity index (χ0v) is 11.0. The predicted molar refractivity (Wildman–Crippen MR) is 69.5 cm³/mol. The molecule has 1 atom stereocenters. The number of halogens is 1. The number of rotatable bonds is 2. The maximum atomic E-state index is 13.1. The summed E-state index contributed by atoms with van der Waals surface area (Å²) in [5.74, 6) is 1.46. The Balaban J connectivity index is 1.94. The highest BCUT2D eigenvalue weighted by Crippen LogP contribution is 2.30. The van der Waals surface area contributed by atoms with Gasteiger partial charge in [-0.25, -0.2) is 4.39 Å². The molecule has 0 amide bonds. The van der Waals surface area contributed by atoms with Crippen molar-refractivity contribution in [3.63, 3.8) is 0 Å². The summed E-state index contributed by atoms with van der Waals surface area (Å²) in [6.07, 6.45) is 0. The highest BCUT2D eigenvalue weighted by atomic mass is 32.2. The molecule has 2 aromatic rings. The number of carbonyl (C=O) groups excluding carboxylic acids is 1. The van der Waals surface area contributed by atoms with Crippen molar-refractivity contribution in [2.75, 3.05) is 11.5 Å². The summed E-state index contributed by atoms with van der Waals surface area (Å²) in [5, 5.41) is 3.89. The van der Waals surface area contributed by atoms with Gasteiger partial charge in [0.15, 0.2) is 5.78 Å². The van der Waals surface area contributed by atoms with E-state index in [2.05, 4.69) is 10.1 Å². The van der Waals surface area contributed by atoms with Crippen LogP contribution >= 0.6 is 11.8 Å². The lowest BCUT2D eigenvalue weighted by Crippen LogP contribution is -2.09. The van der Waals surface area contributed by atoms with Crippen LogP contribution in [0.2, 0.25) is 0 Å². The first kappa shape index (κ1) is 12.3. The summed E-state index contributed by atoms with van der Waals surface area (Å²) >= 11 is 1.57. The summed E-state index contributed by atoms with van der Waals surface area (Å²) in [5.41, 5.74) is 1.45. The number of carbonyl (C=O) groups is 1. The van der Waals surface area contributed by atoms with Gasteiger partial charge >= 0.3 is 0 Å².